The van der Waals surface area contributed by atoms with E-state index in [0.29, 0.717) is 11.3 Å². The van der Waals surface area contributed by atoms with Crippen molar-refractivity contribution >= 4 is 5.91 Å². The largest absolute Gasteiger partial charge is 0.341 e. The van der Waals surface area contributed by atoms with Crippen LogP contribution < -0.4 is 5.32 Å². The lowest BCUT2D eigenvalue weighted by atomic mass is 9.74. The summed E-state index contributed by atoms with van der Waals surface area (Å²) in [5.74, 6) is 0.350. The van der Waals surface area contributed by atoms with Gasteiger partial charge in [-0.3, -0.25) is 4.79 Å². The Bertz CT molecular complexity index is 257. The molecular formula is C14H26N2O. The van der Waals surface area contributed by atoms with E-state index in [-0.39, 0.29) is 6.04 Å². The summed E-state index contributed by atoms with van der Waals surface area (Å²) in [7, 11) is 0. The molecule has 2 heterocycles. The van der Waals surface area contributed by atoms with Crippen LogP contribution in [0.25, 0.3) is 0 Å². The van der Waals surface area contributed by atoms with E-state index in [1.807, 2.05) is 0 Å². The number of carbonyl (C=O) groups excluding carboxylic acids is 1. The summed E-state index contributed by atoms with van der Waals surface area (Å²) in [4.78, 5) is 14.3. The van der Waals surface area contributed by atoms with Crippen molar-refractivity contribution in [3.05, 3.63) is 0 Å². The Labute approximate surface area is 105 Å². The molecule has 2 fully saturated rings. The zero-order valence-electron chi connectivity index (χ0n) is 11.3. The number of carbonyl (C=O) groups is 1. The van der Waals surface area contributed by atoms with Crippen LogP contribution in [0.5, 0.6) is 0 Å². The van der Waals surface area contributed by atoms with Gasteiger partial charge in [-0.05, 0) is 37.6 Å². The number of nitrogens with one attached hydrogen (secondary N) is 1. The van der Waals surface area contributed by atoms with E-state index in [0.717, 1.165) is 32.5 Å². The minimum atomic E-state index is 0.116. The van der Waals surface area contributed by atoms with Crippen molar-refractivity contribution in [2.24, 2.45) is 5.41 Å². The van der Waals surface area contributed by atoms with Crippen LogP contribution in [-0.2, 0) is 4.79 Å². The van der Waals surface area contributed by atoms with Crippen LogP contribution in [0.4, 0.5) is 0 Å². The van der Waals surface area contributed by atoms with Gasteiger partial charge in [0.15, 0.2) is 0 Å². The summed E-state index contributed by atoms with van der Waals surface area (Å²) in [5.41, 5.74) is 0.514. The quantitative estimate of drug-likeness (QED) is 0.817. The summed E-state index contributed by atoms with van der Waals surface area (Å²) in [5, 5.41) is 3.31. The monoisotopic (exact) mass is 238 g/mol. The molecule has 2 aliphatic heterocycles. The maximum absolute atomic E-state index is 12.3. The third kappa shape index (κ3) is 2.65. The first kappa shape index (κ1) is 12.9. The molecule has 0 saturated carbocycles. The molecule has 1 atom stereocenters. The molecule has 0 radical (unpaired) electrons. The maximum atomic E-state index is 12.3. The number of amides is 1. The van der Waals surface area contributed by atoms with Gasteiger partial charge < -0.3 is 10.2 Å². The van der Waals surface area contributed by atoms with Gasteiger partial charge in [0, 0.05) is 13.1 Å². The number of likely N-dealkylation sites (tertiary alicyclic amines) is 1. The van der Waals surface area contributed by atoms with Gasteiger partial charge in [-0.15, -0.1) is 0 Å². The maximum Gasteiger partial charge on any atom is 0.239 e. The third-order valence-electron chi connectivity index (χ3n) is 4.99. The Morgan fingerprint density at radius 3 is 2.41 bits per heavy atom. The second-order valence-corrected chi connectivity index (χ2v) is 5.68. The van der Waals surface area contributed by atoms with Crippen LogP contribution >= 0.6 is 0 Å². The van der Waals surface area contributed by atoms with Crippen LogP contribution in [0.2, 0.25) is 0 Å². The molecule has 2 saturated heterocycles. The molecule has 2 aliphatic rings. The summed E-state index contributed by atoms with van der Waals surface area (Å²) < 4.78 is 0. The highest BCUT2D eigenvalue weighted by atomic mass is 16.2. The van der Waals surface area contributed by atoms with Crippen molar-refractivity contribution in [1.82, 2.24) is 10.2 Å². The normalized spacial score (nSPS) is 28.4. The minimum absolute atomic E-state index is 0.116. The molecule has 0 spiro atoms. The van der Waals surface area contributed by atoms with Gasteiger partial charge in [0.25, 0.3) is 0 Å². The summed E-state index contributed by atoms with van der Waals surface area (Å²) >= 11 is 0. The van der Waals surface area contributed by atoms with Gasteiger partial charge >= 0.3 is 0 Å². The summed E-state index contributed by atoms with van der Waals surface area (Å²) in [6, 6.07) is 0.116. The highest BCUT2D eigenvalue weighted by Crippen LogP contribution is 2.38. The third-order valence-corrected chi connectivity index (χ3v) is 4.99. The number of nitrogens with zero attached hydrogens (tertiary/aromatic N) is 1. The Hall–Kier alpha value is -0.570. The Morgan fingerprint density at radius 2 is 1.94 bits per heavy atom. The lowest BCUT2D eigenvalue weighted by Gasteiger charge is -2.41. The van der Waals surface area contributed by atoms with Crippen molar-refractivity contribution in [1.29, 1.82) is 0 Å². The average Bonchev–Trinajstić information content (AvgIpc) is 2.92. The van der Waals surface area contributed by atoms with E-state index in [2.05, 4.69) is 24.1 Å². The van der Waals surface area contributed by atoms with Gasteiger partial charge in [-0.1, -0.05) is 26.7 Å². The summed E-state index contributed by atoms with van der Waals surface area (Å²) in [6.45, 7) is 7.54. The molecule has 1 amide bonds. The van der Waals surface area contributed by atoms with Gasteiger partial charge in [0.05, 0.1) is 6.04 Å². The fourth-order valence-electron chi connectivity index (χ4n) is 3.27. The fourth-order valence-corrected chi connectivity index (χ4v) is 3.27. The molecule has 1 N–H and O–H groups in total. The first-order valence-electron chi connectivity index (χ1n) is 7.23. The Morgan fingerprint density at radius 1 is 1.29 bits per heavy atom. The molecule has 2 rings (SSSR count). The SMILES string of the molecule is CCC1(CC)CCN(C(=O)[C@@H]2CCCN2)CC1. The van der Waals surface area contributed by atoms with Gasteiger partial charge in [-0.25, -0.2) is 0 Å². The van der Waals surface area contributed by atoms with E-state index < -0.39 is 0 Å². The predicted octanol–water partition coefficient (Wildman–Crippen LogP) is 2.17. The molecule has 0 aliphatic carbocycles. The molecule has 0 bridgehead atoms. The van der Waals surface area contributed by atoms with Crippen molar-refractivity contribution in [2.75, 3.05) is 19.6 Å². The highest BCUT2D eigenvalue weighted by Gasteiger charge is 2.35. The second kappa shape index (κ2) is 5.38. The van der Waals surface area contributed by atoms with Crippen LogP contribution in [-0.4, -0.2) is 36.5 Å². The number of hydrogen-bond acceptors (Lipinski definition) is 2. The lowest BCUT2D eigenvalue weighted by Crippen LogP contribution is -2.49. The van der Waals surface area contributed by atoms with Gasteiger partial charge in [0.1, 0.15) is 0 Å². The van der Waals surface area contributed by atoms with E-state index in [4.69, 9.17) is 0 Å². The molecule has 0 aromatic heterocycles. The first-order chi connectivity index (χ1) is 8.21. The molecule has 0 aromatic carbocycles. The molecule has 98 valence electrons. The molecule has 0 aromatic rings. The molecular weight excluding hydrogens is 212 g/mol. The number of piperidine rings is 1. The van der Waals surface area contributed by atoms with Crippen molar-refractivity contribution in [3.63, 3.8) is 0 Å². The number of rotatable bonds is 3. The van der Waals surface area contributed by atoms with Gasteiger partial charge in [-0.2, -0.15) is 0 Å². The Kier molecular flexibility index (Phi) is 4.08. The summed E-state index contributed by atoms with van der Waals surface area (Å²) in [6.07, 6.45) is 7.08. The van der Waals surface area contributed by atoms with Crippen molar-refractivity contribution < 1.29 is 4.79 Å². The fraction of sp³-hybridized carbons (Fsp3) is 0.929. The second-order valence-electron chi connectivity index (χ2n) is 5.68. The lowest BCUT2D eigenvalue weighted by molar-refractivity contribution is -0.135. The van der Waals surface area contributed by atoms with Crippen LogP contribution in [0.15, 0.2) is 0 Å². The average molecular weight is 238 g/mol. The molecule has 17 heavy (non-hydrogen) atoms. The van der Waals surface area contributed by atoms with Crippen LogP contribution in [0.1, 0.15) is 52.4 Å². The molecule has 3 nitrogen and oxygen atoms in total. The predicted molar refractivity (Wildman–Crippen MR) is 69.9 cm³/mol. The van der Waals surface area contributed by atoms with E-state index in [9.17, 15) is 4.79 Å². The van der Waals surface area contributed by atoms with Crippen LogP contribution in [0.3, 0.4) is 0 Å². The smallest absolute Gasteiger partial charge is 0.239 e. The van der Waals surface area contributed by atoms with E-state index in [1.54, 1.807) is 0 Å². The topological polar surface area (TPSA) is 32.3 Å². The number of hydrogen-bond donors (Lipinski definition) is 1. The Balaban J connectivity index is 1.87. The molecule has 3 heteroatoms. The molecule has 0 unspecified atom stereocenters. The minimum Gasteiger partial charge on any atom is -0.341 e. The first-order valence-corrected chi connectivity index (χ1v) is 7.23. The van der Waals surface area contributed by atoms with Crippen molar-refractivity contribution in [2.45, 2.75) is 58.4 Å². The zero-order valence-corrected chi connectivity index (χ0v) is 11.3. The highest BCUT2D eigenvalue weighted by molar-refractivity contribution is 5.82. The standard InChI is InChI=1S/C14H26N2O/c1-3-14(4-2)7-10-16(11-8-14)13(17)12-6-5-9-15-12/h12,15H,3-11H2,1-2H3/t12-/m0/s1. The van der Waals surface area contributed by atoms with E-state index in [1.165, 1.54) is 25.7 Å². The van der Waals surface area contributed by atoms with Gasteiger partial charge in [0.2, 0.25) is 5.91 Å². The van der Waals surface area contributed by atoms with Crippen molar-refractivity contribution in [3.8, 4) is 0 Å². The van der Waals surface area contributed by atoms with Crippen LogP contribution in [0, 0.1) is 5.41 Å². The zero-order chi connectivity index (χ0) is 12.3. The van der Waals surface area contributed by atoms with E-state index >= 15 is 0 Å².